The van der Waals surface area contributed by atoms with Gasteiger partial charge in [-0.05, 0) is 30.0 Å². The Morgan fingerprint density at radius 3 is 2.60 bits per heavy atom. The third kappa shape index (κ3) is 3.45. The molecule has 0 amide bonds. The van der Waals surface area contributed by atoms with Crippen LogP contribution in [-0.2, 0) is 6.42 Å². The Labute approximate surface area is 100 Å². The molecule has 0 N–H and O–H groups in total. The number of carbonyl (C=O) groups is 1. The molecule has 0 saturated carbocycles. The quantitative estimate of drug-likeness (QED) is 0.747. The number of rotatable bonds is 4. The maximum Gasteiger partial charge on any atom is 0.164 e. The summed E-state index contributed by atoms with van der Waals surface area (Å²) in [4.78, 5) is 11.9. The molecule has 0 atom stereocenters. The van der Waals surface area contributed by atoms with Gasteiger partial charge in [-0.3, -0.25) is 4.79 Å². The van der Waals surface area contributed by atoms with Gasteiger partial charge in [-0.25, -0.2) is 0 Å². The van der Waals surface area contributed by atoms with Gasteiger partial charge in [0.25, 0.3) is 0 Å². The lowest BCUT2D eigenvalue weighted by atomic mass is 9.99. The predicted molar refractivity (Wildman–Crippen MR) is 67.3 cm³/mol. The zero-order chi connectivity index (χ0) is 11.4. The number of carbonyl (C=O) groups excluding carboxylic acids is 1. The van der Waals surface area contributed by atoms with E-state index in [1.165, 1.54) is 5.56 Å². The summed E-state index contributed by atoms with van der Waals surface area (Å²) >= 11 is 3.43. The zero-order valence-corrected chi connectivity index (χ0v) is 11.1. The van der Waals surface area contributed by atoms with Crippen molar-refractivity contribution in [1.82, 2.24) is 0 Å². The first kappa shape index (κ1) is 12.4. The molecule has 0 heterocycles. The maximum absolute atomic E-state index is 11.9. The molecule has 15 heavy (non-hydrogen) atoms. The zero-order valence-electron chi connectivity index (χ0n) is 9.51. The van der Waals surface area contributed by atoms with Crippen molar-refractivity contribution in [2.75, 3.05) is 0 Å². The van der Waals surface area contributed by atoms with Crippen LogP contribution in [0.2, 0.25) is 0 Å². The van der Waals surface area contributed by atoms with E-state index < -0.39 is 0 Å². The molecule has 0 spiro atoms. The molecule has 0 bridgehead atoms. The molecule has 0 aliphatic rings. The number of aryl methyl sites for hydroxylation is 1. The molecule has 0 fully saturated rings. The standard InChI is InChI=1S/C13H17BrO/c1-4-10-5-6-12(14)11(8-10)13(15)7-9(2)3/h5-6,8-9H,4,7H2,1-3H3. The predicted octanol–water partition coefficient (Wildman–Crippen LogP) is 4.24. The SMILES string of the molecule is CCc1ccc(Br)c(C(=O)CC(C)C)c1. The van der Waals surface area contributed by atoms with Crippen LogP contribution in [0.4, 0.5) is 0 Å². The molecule has 0 aliphatic heterocycles. The van der Waals surface area contributed by atoms with Crippen LogP contribution in [0, 0.1) is 5.92 Å². The lowest BCUT2D eigenvalue weighted by Gasteiger charge is -2.07. The Balaban J connectivity index is 2.96. The number of hydrogen-bond donors (Lipinski definition) is 0. The van der Waals surface area contributed by atoms with E-state index in [2.05, 4.69) is 42.8 Å². The van der Waals surface area contributed by atoms with E-state index in [-0.39, 0.29) is 5.78 Å². The maximum atomic E-state index is 11.9. The summed E-state index contributed by atoms with van der Waals surface area (Å²) in [6.45, 7) is 6.23. The summed E-state index contributed by atoms with van der Waals surface area (Å²) in [6, 6.07) is 6.01. The first-order chi connectivity index (χ1) is 7.04. The number of hydrogen-bond acceptors (Lipinski definition) is 1. The Hall–Kier alpha value is -0.630. The van der Waals surface area contributed by atoms with E-state index in [1.54, 1.807) is 0 Å². The second kappa shape index (κ2) is 5.45. The number of benzene rings is 1. The second-order valence-corrected chi connectivity index (χ2v) is 5.04. The van der Waals surface area contributed by atoms with Crippen LogP contribution in [0.5, 0.6) is 0 Å². The van der Waals surface area contributed by atoms with Crippen LogP contribution in [0.25, 0.3) is 0 Å². The molecule has 1 nitrogen and oxygen atoms in total. The average molecular weight is 269 g/mol. The topological polar surface area (TPSA) is 17.1 Å². The Kier molecular flexibility index (Phi) is 4.52. The average Bonchev–Trinajstić information content (AvgIpc) is 2.17. The largest absolute Gasteiger partial charge is 0.294 e. The molecule has 82 valence electrons. The van der Waals surface area contributed by atoms with Crippen molar-refractivity contribution in [3.63, 3.8) is 0 Å². The van der Waals surface area contributed by atoms with Crippen LogP contribution in [-0.4, -0.2) is 5.78 Å². The highest BCUT2D eigenvalue weighted by Gasteiger charge is 2.11. The van der Waals surface area contributed by atoms with Crippen molar-refractivity contribution < 1.29 is 4.79 Å². The van der Waals surface area contributed by atoms with Gasteiger partial charge >= 0.3 is 0 Å². The van der Waals surface area contributed by atoms with Crippen LogP contribution >= 0.6 is 15.9 Å². The number of halogens is 1. The van der Waals surface area contributed by atoms with Gasteiger partial charge in [0.1, 0.15) is 0 Å². The summed E-state index contributed by atoms with van der Waals surface area (Å²) in [5.74, 6) is 0.641. The Morgan fingerprint density at radius 1 is 1.40 bits per heavy atom. The minimum atomic E-state index is 0.229. The highest BCUT2D eigenvalue weighted by atomic mass is 79.9. The fourth-order valence-corrected chi connectivity index (χ4v) is 1.95. The normalized spacial score (nSPS) is 10.7. The summed E-state index contributed by atoms with van der Waals surface area (Å²) in [7, 11) is 0. The summed E-state index contributed by atoms with van der Waals surface area (Å²) in [5, 5.41) is 0. The third-order valence-corrected chi connectivity index (χ3v) is 3.02. The number of ketones is 1. The fourth-order valence-electron chi connectivity index (χ4n) is 1.49. The van der Waals surface area contributed by atoms with Gasteiger partial charge in [0.05, 0.1) is 0 Å². The monoisotopic (exact) mass is 268 g/mol. The minimum Gasteiger partial charge on any atom is -0.294 e. The minimum absolute atomic E-state index is 0.229. The van der Waals surface area contributed by atoms with Gasteiger partial charge in [-0.1, -0.05) is 42.8 Å². The molecule has 1 rings (SSSR count). The lowest BCUT2D eigenvalue weighted by Crippen LogP contribution is -2.05. The van der Waals surface area contributed by atoms with E-state index in [9.17, 15) is 4.79 Å². The van der Waals surface area contributed by atoms with Crippen LogP contribution in [0.15, 0.2) is 22.7 Å². The molecule has 2 heteroatoms. The smallest absolute Gasteiger partial charge is 0.164 e. The van der Waals surface area contributed by atoms with E-state index in [0.717, 1.165) is 16.5 Å². The molecule has 0 unspecified atom stereocenters. The van der Waals surface area contributed by atoms with E-state index in [4.69, 9.17) is 0 Å². The van der Waals surface area contributed by atoms with Crippen LogP contribution < -0.4 is 0 Å². The van der Waals surface area contributed by atoms with Gasteiger partial charge in [-0.15, -0.1) is 0 Å². The van der Waals surface area contributed by atoms with Crippen LogP contribution in [0.1, 0.15) is 43.1 Å². The summed E-state index contributed by atoms with van der Waals surface area (Å²) < 4.78 is 0.908. The van der Waals surface area contributed by atoms with Crippen molar-refractivity contribution >= 4 is 21.7 Å². The van der Waals surface area contributed by atoms with Gasteiger partial charge in [0.15, 0.2) is 5.78 Å². The Bertz CT molecular complexity index is 356. The van der Waals surface area contributed by atoms with Gasteiger partial charge < -0.3 is 0 Å². The molecule has 0 radical (unpaired) electrons. The molecule has 0 saturated heterocycles. The fraction of sp³-hybridized carbons (Fsp3) is 0.462. The van der Waals surface area contributed by atoms with Crippen LogP contribution in [0.3, 0.4) is 0 Å². The van der Waals surface area contributed by atoms with E-state index in [0.29, 0.717) is 12.3 Å². The second-order valence-electron chi connectivity index (χ2n) is 4.19. The lowest BCUT2D eigenvalue weighted by molar-refractivity contribution is 0.0967. The molecular weight excluding hydrogens is 252 g/mol. The molecular formula is C13H17BrO. The molecule has 0 aromatic heterocycles. The molecule has 1 aromatic rings. The van der Waals surface area contributed by atoms with Crippen molar-refractivity contribution in [3.8, 4) is 0 Å². The van der Waals surface area contributed by atoms with Crippen molar-refractivity contribution in [2.45, 2.75) is 33.6 Å². The number of Topliss-reactive ketones (excluding diaryl/α,β-unsaturated/α-hetero) is 1. The van der Waals surface area contributed by atoms with E-state index >= 15 is 0 Å². The van der Waals surface area contributed by atoms with E-state index in [1.807, 2.05) is 12.1 Å². The van der Waals surface area contributed by atoms with Crippen molar-refractivity contribution in [1.29, 1.82) is 0 Å². The van der Waals surface area contributed by atoms with Gasteiger partial charge in [0, 0.05) is 16.5 Å². The summed E-state index contributed by atoms with van der Waals surface area (Å²) in [5.41, 5.74) is 2.04. The molecule has 0 aliphatic carbocycles. The van der Waals surface area contributed by atoms with Gasteiger partial charge in [-0.2, -0.15) is 0 Å². The van der Waals surface area contributed by atoms with Crippen molar-refractivity contribution in [3.05, 3.63) is 33.8 Å². The highest BCUT2D eigenvalue weighted by molar-refractivity contribution is 9.10. The summed E-state index contributed by atoms with van der Waals surface area (Å²) in [6.07, 6.45) is 1.58. The Morgan fingerprint density at radius 2 is 2.07 bits per heavy atom. The first-order valence-electron chi connectivity index (χ1n) is 5.36. The third-order valence-electron chi connectivity index (χ3n) is 2.33. The highest BCUT2D eigenvalue weighted by Crippen LogP contribution is 2.21. The van der Waals surface area contributed by atoms with Gasteiger partial charge in [0.2, 0.25) is 0 Å². The first-order valence-corrected chi connectivity index (χ1v) is 6.15. The molecule has 1 aromatic carbocycles. The van der Waals surface area contributed by atoms with Crippen molar-refractivity contribution in [2.24, 2.45) is 5.92 Å².